The molecule has 0 spiro atoms. The third-order valence-electron chi connectivity index (χ3n) is 2.99. The lowest BCUT2D eigenvalue weighted by molar-refractivity contribution is -0.139. The normalized spacial score (nSPS) is 15.9. The number of carbonyl (C=O) groups excluding carboxylic acids is 1. The molecule has 0 radical (unpaired) electrons. The van der Waals surface area contributed by atoms with Crippen molar-refractivity contribution in [2.75, 3.05) is 34.0 Å². The van der Waals surface area contributed by atoms with E-state index < -0.39 is 12.0 Å². The first kappa shape index (κ1) is 15.7. The molecule has 1 fully saturated rings. The molecule has 1 aliphatic rings. The van der Waals surface area contributed by atoms with E-state index in [0.717, 1.165) is 12.8 Å². The van der Waals surface area contributed by atoms with E-state index in [1.165, 1.54) is 7.11 Å². The quantitative estimate of drug-likeness (QED) is 0.631. The van der Waals surface area contributed by atoms with Crippen molar-refractivity contribution in [2.24, 2.45) is 0 Å². The summed E-state index contributed by atoms with van der Waals surface area (Å²) in [6.45, 7) is 1.21. The van der Waals surface area contributed by atoms with Gasteiger partial charge >= 0.3 is 12.0 Å². The van der Waals surface area contributed by atoms with Gasteiger partial charge in [0, 0.05) is 39.8 Å². The predicted octanol–water partition coefficient (Wildman–Crippen LogP) is 0.297. The minimum Gasteiger partial charge on any atom is -0.480 e. The van der Waals surface area contributed by atoms with E-state index in [0.29, 0.717) is 19.8 Å². The Hall–Kier alpha value is -1.34. The van der Waals surface area contributed by atoms with Crippen LogP contribution in [0.4, 0.5) is 4.79 Å². The number of ether oxygens (including phenoxy) is 2. The highest BCUT2D eigenvalue weighted by Gasteiger charge is 2.33. The zero-order chi connectivity index (χ0) is 14.3. The Bertz CT molecular complexity index is 306. The summed E-state index contributed by atoms with van der Waals surface area (Å²) >= 11 is 0. The molecule has 2 amide bonds. The van der Waals surface area contributed by atoms with Crippen molar-refractivity contribution in [1.29, 1.82) is 0 Å². The molecule has 110 valence electrons. The average molecular weight is 274 g/mol. The third-order valence-corrected chi connectivity index (χ3v) is 2.99. The van der Waals surface area contributed by atoms with E-state index in [4.69, 9.17) is 14.6 Å². The number of nitrogens with zero attached hydrogens (tertiary/aromatic N) is 1. The molecule has 0 aromatic rings. The second-order valence-electron chi connectivity index (χ2n) is 4.54. The summed E-state index contributed by atoms with van der Waals surface area (Å²) in [6.07, 6.45) is 2.18. The number of nitrogens with one attached hydrogen (secondary N) is 1. The Morgan fingerprint density at radius 3 is 2.42 bits per heavy atom. The van der Waals surface area contributed by atoms with Crippen molar-refractivity contribution in [3.8, 4) is 0 Å². The van der Waals surface area contributed by atoms with E-state index in [9.17, 15) is 9.59 Å². The van der Waals surface area contributed by atoms with Gasteiger partial charge in [0.2, 0.25) is 0 Å². The van der Waals surface area contributed by atoms with Gasteiger partial charge in [-0.3, -0.25) is 0 Å². The number of rotatable bonds is 9. The van der Waals surface area contributed by atoms with Gasteiger partial charge < -0.3 is 24.8 Å². The SMILES string of the molecule is COCCC(NC(=O)N(CCOC)C1CC1)C(=O)O. The fourth-order valence-electron chi connectivity index (χ4n) is 1.75. The van der Waals surface area contributed by atoms with Crippen LogP contribution in [-0.4, -0.2) is 68.1 Å². The highest BCUT2D eigenvalue weighted by atomic mass is 16.5. The molecule has 7 heteroatoms. The van der Waals surface area contributed by atoms with Gasteiger partial charge in [-0.25, -0.2) is 9.59 Å². The summed E-state index contributed by atoms with van der Waals surface area (Å²) in [5, 5.41) is 11.6. The number of hydrogen-bond acceptors (Lipinski definition) is 4. The van der Waals surface area contributed by atoms with E-state index >= 15 is 0 Å². The average Bonchev–Trinajstić information content (AvgIpc) is 3.19. The lowest BCUT2D eigenvalue weighted by atomic mass is 10.2. The summed E-state index contributed by atoms with van der Waals surface area (Å²) in [5.74, 6) is -1.05. The molecule has 0 aromatic carbocycles. The second kappa shape index (κ2) is 7.96. The van der Waals surface area contributed by atoms with Crippen LogP contribution in [0.2, 0.25) is 0 Å². The van der Waals surface area contributed by atoms with Crippen molar-refractivity contribution in [3.63, 3.8) is 0 Å². The number of carbonyl (C=O) groups is 2. The third kappa shape index (κ3) is 5.44. The van der Waals surface area contributed by atoms with E-state index in [1.807, 2.05) is 0 Å². The molecule has 0 bridgehead atoms. The monoisotopic (exact) mass is 274 g/mol. The topological polar surface area (TPSA) is 88.1 Å². The molecule has 19 heavy (non-hydrogen) atoms. The maximum Gasteiger partial charge on any atom is 0.326 e. The number of amides is 2. The van der Waals surface area contributed by atoms with Gasteiger partial charge in [-0.2, -0.15) is 0 Å². The van der Waals surface area contributed by atoms with Gasteiger partial charge in [-0.1, -0.05) is 0 Å². The van der Waals surface area contributed by atoms with Crippen LogP contribution in [0.3, 0.4) is 0 Å². The lowest BCUT2D eigenvalue weighted by Crippen LogP contribution is -2.50. The number of aliphatic carboxylic acids is 1. The predicted molar refractivity (Wildman–Crippen MR) is 68.1 cm³/mol. The first-order valence-electron chi connectivity index (χ1n) is 6.38. The largest absolute Gasteiger partial charge is 0.480 e. The first-order valence-corrected chi connectivity index (χ1v) is 6.38. The molecule has 1 aliphatic carbocycles. The molecule has 0 aromatic heterocycles. The van der Waals surface area contributed by atoms with Crippen molar-refractivity contribution in [1.82, 2.24) is 10.2 Å². The summed E-state index contributed by atoms with van der Waals surface area (Å²) in [4.78, 5) is 24.8. The fraction of sp³-hybridized carbons (Fsp3) is 0.833. The van der Waals surface area contributed by atoms with Crippen LogP contribution < -0.4 is 5.32 Å². The molecule has 7 nitrogen and oxygen atoms in total. The minimum absolute atomic E-state index is 0.215. The Morgan fingerprint density at radius 1 is 1.32 bits per heavy atom. The van der Waals surface area contributed by atoms with Crippen LogP contribution in [0, 0.1) is 0 Å². The van der Waals surface area contributed by atoms with E-state index in [1.54, 1.807) is 12.0 Å². The zero-order valence-corrected chi connectivity index (χ0v) is 11.4. The summed E-state index contributed by atoms with van der Waals surface area (Å²) in [5.41, 5.74) is 0. The smallest absolute Gasteiger partial charge is 0.326 e. The van der Waals surface area contributed by atoms with Gasteiger partial charge in [0.15, 0.2) is 0 Å². The molecule has 0 aliphatic heterocycles. The Labute approximate surface area is 112 Å². The van der Waals surface area contributed by atoms with Crippen LogP contribution in [0.1, 0.15) is 19.3 Å². The van der Waals surface area contributed by atoms with Crippen molar-refractivity contribution >= 4 is 12.0 Å². The van der Waals surface area contributed by atoms with Gasteiger partial charge in [0.25, 0.3) is 0 Å². The molecular weight excluding hydrogens is 252 g/mol. The van der Waals surface area contributed by atoms with Crippen LogP contribution >= 0.6 is 0 Å². The maximum atomic E-state index is 12.1. The number of carboxylic acids is 1. The first-order chi connectivity index (χ1) is 9.10. The summed E-state index contributed by atoms with van der Waals surface area (Å²) < 4.78 is 9.80. The molecule has 0 saturated heterocycles. The maximum absolute atomic E-state index is 12.1. The van der Waals surface area contributed by atoms with Crippen molar-refractivity contribution in [3.05, 3.63) is 0 Å². The van der Waals surface area contributed by atoms with Crippen molar-refractivity contribution in [2.45, 2.75) is 31.3 Å². The molecule has 1 saturated carbocycles. The van der Waals surface area contributed by atoms with Crippen LogP contribution in [-0.2, 0) is 14.3 Å². The second-order valence-corrected chi connectivity index (χ2v) is 4.54. The number of urea groups is 1. The molecule has 1 rings (SSSR count). The van der Waals surface area contributed by atoms with Crippen molar-refractivity contribution < 1.29 is 24.2 Å². The minimum atomic E-state index is -1.05. The van der Waals surface area contributed by atoms with E-state index in [-0.39, 0.29) is 18.5 Å². The van der Waals surface area contributed by atoms with Crippen LogP contribution in [0.15, 0.2) is 0 Å². The van der Waals surface area contributed by atoms with E-state index in [2.05, 4.69) is 5.32 Å². The van der Waals surface area contributed by atoms with Gasteiger partial charge in [-0.05, 0) is 12.8 Å². The highest BCUT2D eigenvalue weighted by molar-refractivity contribution is 5.82. The summed E-state index contributed by atoms with van der Waals surface area (Å²) in [7, 11) is 3.07. The number of carboxylic acid groups (broad SMARTS) is 1. The fourth-order valence-corrected chi connectivity index (χ4v) is 1.75. The molecule has 0 heterocycles. The Kier molecular flexibility index (Phi) is 6.58. The number of methoxy groups -OCH3 is 2. The van der Waals surface area contributed by atoms with Crippen LogP contribution in [0.5, 0.6) is 0 Å². The van der Waals surface area contributed by atoms with Gasteiger partial charge in [0.1, 0.15) is 6.04 Å². The Balaban J connectivity index is 2.49. The molecular formula is C12H22N2O5. The lowest BCUT2D eigenvalue weighted by Gasteiger charge is -2.24. The highest BCUT2D eigenvalue weighted by Crippen LogP contribution is 2.26. The van der Waals surface area contributed by atoms with Crippen LogP contribution in [0.25, 0.3) is 0 Å². The molecule has 1 atom stereocenters. The Morgan fingerprint density at radius 2 is 1.95 bits per heavy atom. The zero-order valence-electron chi connectivity index (χ0n) is 11.4. The van der Waals surface area contributed by atoms with Gasteiger partial charge in [0.05, 0.1) is 6.61 Å². The standard InChI is InChI=1S/C12H22N2O5/c1-18-7-5-10(11(15)16)13-12(17)14(6-8-19-2)9-3-4-9/h9-10H,3-8H2,1-2H3,(H,13,17)(H,15,16). The number of hydrogen-bond donors (Lipinski definition) is 2. The van der Waals surface area contributed by atoms with Gasteiger partial charge in [-0.15, -0.1) is 0 Å². The molecule has 2 N–H and O–H groups in total. The molecule has 1 unspecified atom stereocenters. The summed E-state index contributed by atoms with van der Waals surface area (Å²) in [6, 6.07) is -1.05.